The second-order valence-electron chi connectivity index (χ2n) is 3.87. The van der Waals surface area contributed by atoms with Crippen molar-refractivity contribution in [3.8, 4) is 0 Å². The number of hydrogen-bond acceptors (Lipinski definition) is 2. The van der Waals surface area contributed by atoms with Gasteiger partial charge in [0.05, 0.1) is 0 Å². The maximum absolute atomic E-state index is 3.42. The third-order valence-corrected chi connectivity index (χ3v) is 2.88. The van der Waals surface area contributed by atoms with E-state index in [1.807, 2.05) is 0 Å². The minimum absolute atomic E-state index is 0. The lowest BCUT2D eigenvalue weighted by molar-refractivity contribution is 0.288. The molecule has 0 aliphatic carbocycles. The molecule has 0 spiro atoms. The lowest BCUT2D eigenvalue weighted by Crippen LogP contribution is -2.27. The van der Waals surface area contributed by atoms with Crippen LogP contribution in [0.1, 0.15) is 19.3 Å². The van der Waals surface area contributed by atoms with E-state index in [0.717, 1.165) is 5.92 Å². The summed E-state index contributed by atoms with van der Waals surface area (Å²) in [5.74, 6) is 0.952. The number of rotatable bonds is 2. The van der Waals surface area contributed by atoms with Crippen molar-refractivity contribution in [3.63, 3.8) is 0 Å². The van der Waals surface area contributed by atoms with E-state index in [-0.39, 0.29) is 12.4 Å². The van der Waals surface area contributed by atoms with Gasteiger partial charge in [0.15, 0.2) is 0 Å². The fourth-order valence-electron chi connectivity index (χ4n) is 2.20. The van der Waals surface area contributed by atoms with Gasteiger partial charge in [-0.15, -0.1) is 12.4 Å². The molecule has 2 aliphatic heterocycles. The highest BCUT2D eigenvalue weighted by molar-refractivity contribution is 5.85. The van der Waals surface area contributed by atoms with Crippen molar-refractivity contribution in [1.82, 2.24) is 10.2 Å². The highest BCUT2D eigenvalue weighted by Gasteiger charge is 2.19. The summed E-state index contributed by atoms with van der Waals surface area (Å²) in [6.07, 6.45) is 4.26. The number of nitrogens with zero attached hydrogens (tertiary/aromatic N) is 1. The maximum Gasteiger partial charge on any atom is 0.00223 e. The predicted molar refractivity (Wildman–Crippen MR) is 53.9 cm³/mol. The molecule has 2 saturated heterocycles. The van der Waals surface area contributed by atoms with E-state index in [1.165, 1.54) is 52.0 Å². The highest BCUT2D eigenvalue weighted by atomic mass is 35.5. The normalized spacial score (nSPS) is 30.5. The molecule has 0 aromatic rings. The number of nitrogens with one attached hydrogen (secondary N) is 1. The van der Waals surface area contributed by atoms with Crippen molar-refractivity contribution in [1.29, 1.82) is 0 Å². The van der Waals surface area contributed by atoms with E-state index in [4.69, 9.17) is 0 Å². The molecule has 1 N–H and O–H groups in total. The summed E-state index contributed by atoms with van der Waals surface area (Å²) in [5.41, 5.74) is 0. The summed E-state index contributed by atoms with van der Waals surface area (Å²) in [7, 11) is 0. The molecule has 2 fully saturated rings. The maximum atomic E-state index is 3.42. The van der Waals surface area contributed by atoms with Crippen LogP contribution < -0.4 is 5.32 Å². The Morgan fingerprint density at radius 3 is 2.58 bits per heavy atom. The number of hydrogen-bond donors (Lipinski definition) is 1. The van der Waals surface area contributed by atoms with Gasteiger partial charge in [-0.25, -0.2) is 0 Å². The van der Waals surface area contributed by atoms with E-state index in [0.29, 0.717) is 0 Å². The molecule has 72 valence electrons. The van der Waals surface area contributed by atoms with E-state index in [9.17, 15) is 0 Å². The van der Waals surface area contributed by atoms with Crippen molar-refractivity contribution >= 4 is 12.4 Å². The third kappa shape index (κ3) is 2.61. The molecule has 0 amide bonds. The molecule has 1 atom stereocenters. The van der Waals surface area contributed by atoms with Gasteiger partial charge in [0.1, 0.15) is 0 Å². The molecule has 2 nitrogen and oxygen atoms in total. The second-order valence-corrected chi connectivity index (χ2v) is 3.87. The van der Waals surface area contributed by atoms with E-state index >= 15 is 0 Å². The van der Waals surface area contributed by atoms with Crippen LogP contribution in [-0.2, 0) is 0 Å². The first-order valence-corrected chi connectivity index (χ1v) is 4.88. The molecule has 2 rings (SSSR count). The van der Waals surface area contributed by atoms with Crippen LogP contribution in [0.4, 0.5) is 0 Å². The molecule has 0 saturated carbocycles. The molecule has 3 heteroatoms. The first kappa shape index (κ1) is 10.3. The Balaban J connectivity index is 0.000000720. The minimum Gasteiger partial charge on any atom is -0.316 e. The summed E-state index contributed by atoms with van der Waals surface area (Å²) in [4.78, 5) is 2.62. The Kier molecular flexibility index (Phi) is 4.33. The van der Waals surface area contributed by atoms with E-state index < -0.39 is 0 Å². The van der Waals surface area contributed by atoms with Crippen LogP contribution in [-0.4, -0.2) is 37.6 Å². The van der Waals surface area contributed by atoms with E-state index in [2.05, 4.69) is 10.2 Å². The molecule has 0 aromatic heterocycles. The van der Waals surface area contributed by atoms with Crippen LogP contribution in [0.5, 0.6) is 0 Å². The third-order valence-electron chi connectivity index (χ3n) is 2.88. The second kappa shape index (κ2) is 5.05. The molecule has 0 unspecified atom stereocenters. The Morgan fingerprint density at radius 1 is 1.25 bits per heavy atom. The average Bonchev–Trinajstić information content (AvgIpc) is 2.60. The first-order chi connectivity index (χ1) is 5.45. The topological polar surface area (TPSA) is 15.3 Å². The molecule has 12 heavy (non-hydrogen) atoms. The quantitative estimate of drug-likeness (QED) is 0.702. The highest BCUT2D eigenvalue weighted by Crippen LogP contribution is 2.14. The van der Waals surface area contributed by atoms with Crippen molar-refractivity contribution in [2.45, 2.75) is 19.3 Å². The molecule has 0 aromatic carbocycles. The van der Waals surface area contributed by atoms with Gasteiger partial charge in [0, 0.05) is 6.54 Å². The number of halogens is 1. The van der Waals surface area contributed by atoms with Gasteiger partial charge in [-0.1, -0.05) is 0 Å². The fraction of sp³-hybridized carbons (Fsp3) is 1.00. The summed E-state index contributed by atoms with van der Waals surface area (Å²) in [6.45, 7) is 6.58. The molecular formula is C9H19ClN2. The van der Waals surface area contributed by atoms with Gasteiger partial charge in [-0.05, 0) is 51.4 Å². The first-order valence-electron chi connectivity index (χ1n) is 4.88. The van der Waals surface area contributed by atoms with E-state index in [1.54, 1.807) is 0 Å². The molecule has 0 bridgehead atoms. The van der Waals surface area contributed by atoms with Gasteiger partial charge in [-0.2, -0.15) is 0 Å². The monoisotopic (exact) mass is 190 g/mol. The SMILES string of the molecule is C1CCN(C[C@@H]2CCNC2)C1.Cl. The average molecular weight is 191 g/mol. The van der Waals surface area contributed by atoms with Crippen LogP contribution in [0.2, 0.25) is 0 Å². The summed E-state index contributed by atoms with van der Waals surface area (Å²) >= 11 is 0. The lowest BCUT2D eigenvalue weighted by atomic mass is 10.1. The van der Waals surface area contributed by atoms with Gasteiger partial charge in [0.2, 0.25) is 0 Å². The Bertz CT molecular complexity index is 104. The van der Waals surface area contributed by atoms with Crippen molar-refractivity contribution in [3.05, 3.63) is 0 Å². The largest absolute Gasteiger partial charge is 0.316 e. The Labute approximate surface area is 81.1 Å². The van der Waals surface area contributed by atoms with Gasteiger partial charge in [0.25, 0.3) is 0 Å². The van der Waals surface area contributed by atoms with Crippen LogP contribution in [0.3, 0.4) is 0 Å². The molecule has 2 heterocycles. The standard InChI is InChI=1S/C9H18N2.ClH/c1-2-6-11(5-1)8-9-3-4-10-7-9;/h9-10H,1-8H2;1H/t9-;/m1./s1. The van der Waals surface area contributed by atoms with Crippen molar-refractivity contribution in [2.75, 3.05) is 32.7 Å². The van der Waals surface area contributed by atoms with Gasteiger partial charge >= 0.3 is 0 Å². The zero-order valence-electron chi connectivity index (χ0n) is 7.59. The van der Waals surface area contributed by atoms with Crippen LogP contribution in [0, 0.1) is 5.92 Å². The lowest BCUT2D eigenvalue weighted by Gasteiger charge is -2.18. The Hall–Kier alpha value is 0.210. The molecule has 2 aliphatic rings. The zero-order chi connectivity index (χ0) is 7.52. The Morgan fingerprint density at radius 2 is 2.00 bits per heavy atom. The van der Waals surface area contributed by atoms with Crippen molar-refractivity contribution < 1.29 is 0 Å². The van der Waals surface area contributed by atoms with Crippen LogP contribution in [0.15, 0.2) is 0 Å². The fourth-order valence-corrected chi connectivity index (χ4v) is 2.20. The summed E-state index contributed by atoms with van der Waals surface area (Å²) in [6, 6.07) is 0. The number of likely N-dealkylation sites (tertiary alicyclic amines) is 1. The molecule has 0 radical (unpaired) electrons. The van der Waals surface area contributed by atoms with Gasteiger partial charge < -0.3 is 10.2 Å². The predicted octanol–water partition coefficient (Wildman–Crippen LogP) is 1.11. The van der Waals surface area contributed by atoms with Crippen LogP contribution in [0.25, 0.3) is 0 Å². The molecular weight excluding hydrogens is 172 g/mol. The van der Waals surface area contributed by atoms with Crippen molar-refractivity contribution in [2.24, 2.45) is 5.92 Å². The smallest absolute Gasteiger partial charge is 0.00223 e. The summed E-state index contributed by atoms with van der Waals surface area (Å²) < 4.78 is 0. The summed E-state index contributed by atoms with van der Waals surface area (Å²) in [5, 5.41) is 3.42. The zero-order valence-corrected chi connectivity index (χ0v) is 8.41. The van der Waals surface area contributed by atoms with Crippen LogP contribution >= 0.6 is 12.4 Å². The van der Waals surface area contributed by atoms with Gasteiger partial charge in [-0.3, -0.25) is 0 Å². The minimum atomic E-state index is 0.